The third-order valence-electron chi connectivity index (χ3n) is 1.68. The maximum Gasteiger partial charge on any atom is 0.150 e. The quantitative estimate of drug-likeness (QED) is 0.230. The Labute approximate surface area is 256 Å². The molecule has 0 aliphatic carbocycles. The van der Waals surface area contributed by atoms with Crippen LogP contribution in [0.2, 0.25) is 0 Å². The number of hydrogen-bond acceptors (Lipinski definition) is 2. The second-order valence-corrected chi connectivity index (χ2v) is 2.39. The average molecular weight is 692 g/mol. The summed E-state index contributed by atoms with van der Waals surface area (Å²) in [6, 6.07) is 2.91. The molecule has 0 atom stereocenters. The van der Waals surface area contributed by atoms with Gasteiger partial charge in [0.25, 0.3) is 0 Å². The SMILES string of the molecule is [Y].[Y].[Y].[Y].[Y].[Y].[c-]1cn2c3nccnc3[n-][n+]2c1. The summed E-state index contributed by atoms with van der Waals surface area (Å²) in [5.41, 5.74) is 1.39. The van der Waals surface area contributed by atoms with Crippen LogP contribution in [0.3, 0.4) is 0 Å². The number of nitrogens with zero attached hydrogens (tertiary/aromatic N) is 5. The summed E-state index contributed by atoms with van der Waals surface area (Å²) in [5.74, 6) is 0. The van der Waals surface area contributed by atoms with Gasteiger partial charge in [-0.25, -0.2) is 4.98 Å². The molecular weight excluding hydrogens is 688 g/mol. The zero-order valence-electron chi connectivity index (χ0n) is 9.51. The van der Waals surface area contributed by atoms with Gasteiger partial charge in [0.15, 0.2) is 5.65 Å². The van der Waals surface area contributed by atoms with Gasteiger partial charge in [-0.05, 0) is 6.20 Å². The van der Waals surface area contributed by atoms with Crippen molar-refractivity contribution in [2.75, 3.05) is 0 Å². The Morgan fingerprint density at radius 2 is 1.61 bits per heavy atom. The van der Waals surface area contributed by atoms with Gasteiger partial charge in [-0.1, -0.05) is 0 Å². The zero-order valence-corrected chi connectivity index (χ0v) is 26.5. The molecule has 3 rings (SSSR count). The average Bonchev–Trinajstić information content (AvgIpc) is 2.62. The molecule has 5 nitrogen and oxygen atoms in total. The van der Waals surface area contributed by atoms with Gasteiger partial charge in [0.05, 0.1) is 0 Å². The van der Waals surface area contributed by atoms with Crippen LogP contribution >= 0.6 is 0 Å². The molecule has 11 heteroatoms. The predicted molar refractivity (Wildman–Crippen MR) is 38.3 cm³/mol. The van der Waals surface area contributed by atoms with Crippen molar-refractivity contribution in [3.05, 3.63) is 30.9 Å². The summed E-state index contributed by atoms with van der Waals surface area (Å²) in [6.07, 6.45) is 6.76. The Hall–Kier alpha value is 4.71. The van der Waals surface area contributed by atoms with E-state index >= 15 is 0 Å². The minimum Gasteiger partial charge on any atom is -0.393 e. The summed E-state index contributed by atoms with van der Waals surface area (Å²) in [4.78, 5) is 8.20. The molecule has 3 aromatic rings. The third-order valence-corrected chi connectivity index (χ3v) is 1.68. The molecule has 0 aliphatic heterocycles. The molecular formula is C7H4N5Y6-. The van der Waals surface area contributed by atoms with E-state index in [0.717, 1.165) is 5.65 Å². The van der Waals surface area contributed by atoms with Crippen molar-refractivity contribution in [1.82, 2.24) is 19.6 Å². The zero-order chi connectivity index (χ0) is 7.97. The summed E-state index contributed by atoms with van der Waals surface area (Å²) < 4.78 is 3.42. The second-order valence-electron chi connectivity index (χ2n) is 2.39. The van der Waals surface area contributed by atoms with Gasteiger partial charge in [-0.3, -0.25) is 0 Å². The van der Waals surface area contributed by atoms with Gasteiger partial charge in [0.2, 0.25) is 0 Å². The molecule has 3 heterocycles. The van der Waals surface area contributed by atoms with Crippen molar-refractivity contribution in [2.24, 2.45) is 0 Å². The fourth-order valence-electron chi connectivity index (χ4n) is 1.18. The van der Waals surface area contributed by atoms with E-state index in [9.17, 15) is 0 Å². The van der Waals surface area contributed by atoms with Crippen molar-refractivity contribution in [3.63, 3.8) is 0 Å². The summed E-state index contributed by atoms with van der Waals surface area (Å²) >= 11 is 0. The van der Waals surface area contributed by atoms with Crippen molar-refractivity contribution < 1.29 is 201 Å². The molecule has 3 aromatic heterocycles. The number of fused-ring (bicyclic) bond motifs is 3. The minimum absolute atomic E-state index is 0. The van der Waals surface area contributed by atoms with E-state index in [2.05, 4.69) is 21.1 Å². The van der Waals surface area contributed by atoms with E-state index in [4.69, 9.17) is 0 Å². The van der Waals surface area contributed by atoms with Crippen molar-refractivity contribution in [1.29, 1.82) is 0 Å². The van der Waals surface area contributed by atoms with Crippen LogP contribution < -0.4 is 9.73 Å². The van der Waals surface area contributed by atoms with E-state index in [1.54, 1.807) is 33.9 Å². The molecule has 6 radical (unpaired) electrons. The second kappa shape index (κ2) is 15.3. The first kappa shape index (κ1) is 30.6. The maximum atomic E-state index is 4.15. The van der Waals surface area contributed by atoms with Crippen LogP contribution in [0.25, 0.3) is 11.3 Å². The number of hydrogen-bond donors (Lipinski definition) is 0. The minimum atomic E-state index is 0. The van der Waals surface area contributed by atoms with Gasteiger partial charge in [0, 0.05) is 209 Å². The molecule has 0 saturated heterocycles. The van der Waals surface area contributed by atoms with Crippen LogP contribution in [0.1, 0.15) is 0 Å². The van der Waals surface area contributed by atoms with Gasteiger partial charge in [-0.2, -0.15) is 10.7 Å². The van der Waals surface area contributed by atoms with Crippen LogP contribution in [0.4, 0.5) is 0 Å². The summed E-state index contributed by atoms with van der Waals surface area (Å²) in [5, 5.41) is 4.15. The van der Waals surface area contributed by atoms with Crippen LogP contribution in [0, 0.1) is 6.07 Å². The van der Waals surface area contributed by atoms with E-state index in [0.29, 0.717) is 5.65 Å². The molecule has 0 bridgehead atoms. The van der Waals surface area contributed by atoms with Gasteiger partial charge < -0.3 is 11.1 Å². The van der Waals surface area contributed by atoms with Gasteiger partial charge in [0.1, 0.15) is 5.65 Å². The number of rotatable bonds is 0. The summed E-state index contributed by atoms with van der Waals surface area (Å²) in [7, 11) is 0. The van der Waals surface area contributed by atoms with Crippen LogP contribution in [0.5, 0.6) is 0 Å². The van der Waals surface area contributed by atoms with Crippen LogP contribution in [-0.4, -0.2) is 14.5 Å². The molecule has 0 unspecified atom stereocenters. The Morgan fingerprint density at radius 3 is 2.28 bits per heavy atom. The predicted octanol–water partition coefficient (Wildman–Crippen LogP) is -0.790. The Balaban J connectivity index is -0.000000163. The molecule has 0 N–H and O–H groups in total. The first-order chi connectivity index (χ1) is 5.95. The Morgan fingerprint density at radius 1 is 1.00 bits per heavy atom. The first-order valence-electron chi connectivity index (χ1n) is 3.49. The normalized spacial score (nSPS) is 7.56. The molecule has 18 heavy (non-hydrogen) atoms. The van der Waals surface area contributed by atoms with Crippen molar-refractivity contribution >= 4 is 11.3 Å². The van der Waals surface area contributed by atoms with E-state index < -0.39 is 0 Å². The number of aromatic nitrogens is 5. The molecule has 76 valence electrons. The smallest absolute Gasteiger partial charge is 0.150 e. The standard InChI is InChI=1S/C7H4N5.6Y/c1-4-11-7-6(8-2-3-9-7)10-12(11)5-1;;;;;;/h2-5H;;;;;;/q-1;;;;;;. The molecule has 0 fully saturated rings. The fourth-order valence-corrected chi connectivity index (χ4v) is 1.18. The maximum absolute atomic E-state index is 4.15. The van der Waals surface area contributed by atoms with Crippen LogP contribution in [0.15, 0.2) is 24.8 Å². The van der Waals surface area contributed by atoms with E-state index in [1.165, 1.54) is 0 Å². The third kappa shape index (κ3) is 7.08. The topological polar surface area (TPSA) is 48.4 Å². The van der Waals surface area contributed by atoms with Crippen LogP contribution in [-0.2, 0) is 196 Å². The molecule has 0 saturated carbocycles. The molecule has 0 amide bonds. The molecule has 0 aromatic carbocycles. The van der Waals surface area contributed by atoms with E-state index in [1.807, 2.05) is 0 Å². The van der Waals surface area contributed by atoms with Gasteiger partial charge in [-0.15, -0.1) is 9.73 Å². The Bertz CT molecular complexity index is 550. The largest absolute Gasteiger partial charge is 0.393 e. The summed E-state index contributed by atoms with van der Waals surface area (Å²) in [6.45, 7) is 0. The van der Waals surface area contributed by atoms with E-state index in [-0.39, 0.29) is 196 Å². The fraction of sp³-hybridized carbons (Fsp3) is 0. The van der Waals surface area contributed by atoms with Crippen molar-refractivity contribution in [3.8, 4) is 0 Å². The first-order valence-corrected chi connectivity index (χ1v) is 3.49. The molecule has 0 aliphatic rings. The molecule has 0 spiro atoms. The Kier molecular flexibility index (Phi) is 25.9. The van der Waals surface area contributed by atoms with Gasteiger partial charge >= 0.3 is 0 Å². The monoisotopic (exact) mass is 691 g/mol. The van der Waals surface area contributed by atoms with Crippen molar-refractivity contribution in [2.45, 2.75) is 0 Å².